The maximum Gasteiger partial charge on any atom is 0.338 e. The fourth-order valence-electron chi connectivity index (χ4n) is 5.59. The van der Waals surface area contributed by atoms with E-state index >= 15 is 0 Å². The van der Waals surface area contributed by atoms with E-state index in [0.717, 1.165) is 37.3 Å². The molecule has 4 nitrogen and oxygen atoms in total. The van der Waals surface area contributed by atoms with Gasteiger partial charge in [-0.05, 0) is 63.4 Å². The van der Waals surface area contributed by atoms with Crippen LogP contribution in [0.15, 0.2) is 35.4 Å². The van der Waals surface area contributed by atoms with Crippen molar-refractivity contribution in [2.24, 2.45) is 16.9 Å². The molecule has 2 bridgehead atoms. The summed E-state index contributed by atoms with van der Waals surface area (Å²) in [6, 6.07) is 10.9. The third-order valence-corrected chi connectivity index (χ3v) is 6.97. The lowest BCUT2D eigenvalue weighted by atomic mass is 9.78. The van der Waals surface area contributed by atoms with Crippen molar-refractivity contribution in [2.45, 2.75) is 83.2 Å². The van der Waals surface area contributed by atoms with Crippen molar-refractivity contribution in [3.05, 3.63) is 35.9 Å². The molecule has 2 amide bonds. The Morgan fingerprint density at radius 1 is 1.22 bits per heavy atom. The van der Waals surface area contributed by atoms with Gasteiger partial charge in [-0.2, -0.15) is 5.10 Å². The number of unbranched alkanes of at least 4 members (excludes halogenated alkanes) is 1. The van der Waals surface area contributed by atoms with Crippen LogP contribution in [-0.4, -0.2) is 28.3 Å². The normalized spacial score (nSPS) is 31.2. The largest absolute Gasteiger partial charge is 0.338 e. The predicted molar refractivity (Wildman–Crippen MR) is 110 cm³/mol. The smallest absolute Gasteiger partial charge is 0.333 e. The van der Waals surface area contributed by atoms with Gasteiger partial charge in [0.25, 0.3) is 0 Å². The Labute approximate surface area is 163 Å². The molecule has 2 saturated carbocycles. The van der Waals surface area contributed by atoms with E-state index in [2.05, 4.69) is 50.4 Å². The zero-order valence-corrected chi connectivity index (χ0v) is 16.9. The quantitative estimate of drug-likeness (QED) is 0.753. The highest BCUT2D eigenvalue weighted by Crippen LogP contribution is 2.45. The van der Waals surface area contributed by atoms with Crippen LogP contribution in [0.5, 0.6) is 0 Å². The van der Waals surface area contributed by atoms with Crippen LogP contribution in [-0.2, 0) is 0 Å². The minimum Gasteiger partial charge on any atom is -0.333 e. The average molecular weight is 368 g/mol. The summed E-state index contributed by atoms with van der Waals surface area (Å²) in [4.78, 5) is 13.2. The van der Waals surface area contributed by atoms with Crippen LogP contribution in [0.4, 0.5) is 4.79 Å². The summed E-state index contributed by atoms with van der Waals surface area (Å²) in [5.74, 6) is 1.67. The summed E-state index contributed by atoms with van der Waals surface area (Å²) in [6.07, 6.45) is 8.28. The second-order valence-electron chi connectivity index (χ2n) is 9.23. The highest BCUT2D eigenvalue weighted by atomic mass is 16.2. The Bertz CT molecular complexity index is 712. The van der Waals surface area contributed by atoms with E-state index in [-0.39, 0.29) is 17.5 Å². The molecule has 1 aromatic carbocycles. The molecule has 4 atom stereocenters. The number of hydrazone groups is 1. The number of amides is 2. The molecule has 1 aromatic rings. The first kappa shape index (κ1) is 18.5. The van der Waals surface area contributed by atoms with E-state index in [1.54, 1.807) is 5.01 Å². The van der Waals surface area contributed by atoms with E-state index in [1.165, 1.54) is 24.8 Å². The number of carbonyl (C=O) groups is 1. The summed E-state index contributed by atoms with van der Waals surface area (Å²) in [7, 11) is 0. The number of carbonyl (C=O) groups excluding carboxylic acids is 1. The van der Waals surface area contributed by atoms with Crippen LogP contribution >= 0.6 is 0 Å². The fourth-order valence-corrected chi connectivity index (χ4v) is 5.59. The highest BCUT2D eigenvalue weighted by Gasteiger charge is 2.48. The van der Waals surface area contributed by atoms with Crippen LogP contribution in [0.3, 0.4) is 0 Å². The molecule has 27 heavy (non-hydrogen) atoms. The molecule has 1 unspecified atom stereocenters. The van der Waals surface area contributed by atoms with E-state index in [9.17, 15) is 4.79 Å². The molecule has 0 aromatic heterocycles. The standard InChI is InChI=1S/C23H33N3O/c1-4-5-11-19-21(17-9-7-6-8-10-17)23(2,3)26(25-19)22(27)24-20-15-16-12-13-18(20)14-16/h6-10,16,18,20-21H,4-5,11-15H2,1-3H3,(H,24,27)/t16-,18-,20+,21?/m0/s1. The van der Waals surface area contributed by atoms with Gasteiger partial charge in [0.2, 0.25) is 0 Å². The second kappa shape index (κ2) is 7.29. The Balaban J connectivity index is 1.56. The maximum absolute atomic E-state index is 13.2. The van der Waals surface area contributed by atoms with E-state index in [4.69, 9.17) is 5.10 Å². The summed E-state index contributed by atoms with van der Waals surface area (Å²) in [5, 5.41) is 9.97. The van der Waals surface area contributed by atoms with Crippen molar-refractivity contribution in [2.75, 3.05) is 0 Å². The molecule has 4 heteroatoms. The van der Waals surface area contributed by atoms with Gasteiger partial charge in [-0.25, -0.2) is 9.80 Å². The third kappa shape index (κ3) is 3.39. The van der Waals surface area contributed by atoms with Crippen molar-refractivity contribution >= 4 is 11.7 Å². The van der Waals surface area contributed by atoms with Crippen molar-refractivity contribution in [3.8, 4) is 0 Å². The van der Waals surface area contributed by atoms with Gasteiger partial charge in [0.05, 0.1) is 5.54 Å². The molecule has 4 rings (SSSR count). The lowest BCUT2D eigenvalue weighted by molar-refractivity contribution is 0.140. The van der Waals surface area contributed by atoms with Crippen LogP contribution in [0.25, 0.3) is 0 Å². The lowest BCUT2D eigenvalue weighted by Gasteiger charge is -2.36. The molecule has 1 N–H and O–H groups in total. The zero-order valence-electron chi connectivity index (χ0n) is 16.9. The topological polar surface area (TPSA) is 44.7 Å². The SMILES string of the molecule is CCCCC1=NN(C(=O)N[C@@H]2C[C@H]3CC[C@H]2C3)C(C)(C)C1c1ccccc1. The van der Waals surface area contributed by atoms with Crippen LogP contribution in [0, 0.1) is 11.8 Å². The van der Waals surface area contributed by atoms with Gasteiger partial charge in [0.15, 0.2) is 0 Å². The summed E-state index contributed by atoms with van der Waals surface area (Å²) in [5.41, 5.74) is 2.05. The summed E-state index contributed by atoms with van der Waals surface area (Å²) < 4.78 is 0. The van der Waals surface area contributed by atoms with E-state index in [0.29, 0.717) is 12.0 Å². The van der Waals surface area contributed by atoms with Gasteiger partial charge in [-0.3, -0.25) is 0 Å². The third-order valence-electron chi connectivity index (χ3n) is 6.97. The molecule has 0 spiro atoms. The molecule has 3 aliphatic rings. The number of hydrogen-bond acceptors (Lipinski definition) is 2. The number of rotatable bonds is 5. The lowest BCUT2D eigenvalue weighted by Crippen LogP contribution is -2.52. The monoisotopic (exact) mass is 367 g/mol. The van der Waals surface area contributed by atoms with Gasteiger partial charge in [-0.15, -0.1) is 0 Å². The van der Waals surface area contributed by atoms with Gasteiger partial charge in [0, 0.05) is 17.7 Å². The van der Waals surface area contributed by atoms with Crippen LogP contribution in [0.1, 0.15) is 77.2 Å². The highest BCUT2D eigenvalue weighted by molar-refractivity contribution is 5.96. The average Bonchev–Trinajstić information content (AvgIpc) is 3.33. The van der Waals surface area contributed by atoms with Crippen LogP contribution < -0.4 is 5.32 Å². The predicted octanol–water partition coefficient (Wildman–Crippen LogP) is 5.31. The number of benzene rings is 1. The number of nitrogens with zero attached hydrogens (tertiary/aromatic N) is 2. The first-order chi connectivity index (χ1) is 13.0. The number of fused-ring (bicyclic) bond motifs is 2. The molecular formula is C23H33N3O. The molecule has 146 valence electrons. The Kier molecular flexibility index (Phi) is 5.00. The van der Waals surface area contributed by atoms with Crippen LogP contribution in [0.2, 0.25) is 0 Å². The van der Waals surface area contributed by atoms with Gasteiger partial charge >= 0.3 is 6.03 Å². The molecule has 0 radical (unpaired) electrons. The molecule has 0 saturated heterocycles. The van der Waals surface area contributed by atoms with Gasteiger partial charge < -0.3 is 5.32 Å². The van der Waals surface area contributed by atoms with E-state index in [1.807, 2.05) is 6.07 Å². The van der Waals surface area contributed by atoms with Gasteiger partial charge in [0.1, 0.15) is 0 Å². The number of urea groups is 1. The minimum absolute atomic E-state index is 0.00928. The summed E-state index contributed by atoms with van der Waals surface area (Å²) in [6.45, 7) is 6.53. The first-order valence-corrected chi connectivity index (χ1v) is 10.7. The Hall–Kier alpha value is -1.84. The Morgan fingerprint density at radius 2 is 2.00 bits per heavy atom. The minimum atomic E-state index is -0.355. The number of hydrogen-bond donors (Lipinski definition) is 1. The molecule has 2 aliphatic carbocycles. The maximum atomic E-state index is 13.2. The molecule has 1 heterocycles. The molecular weight excluding hydrogens is 334 g/mol. The second-order valence-corrected chi connectivity index (χ2v) is 9.23. The van der Waals surface area contributed by atoms with Crippen molar-refractivity contribution in [1.82, 2.24) is 10.3 Å². The van der Waals surface area contributed by atoms with Crippen molar-refractivity contribution in [3.63, 3.8) is 0 Å². The first-order valence-electron chi connectivity index (χ1n) is 10.7. The van der Waals surface area contributed by atoms with Crippen molar-refractivity contribution in [1.29, 1.82) is 0 Å². The zero-order chi connectivity index (χ0) is 19.0. The molecule has 2 fully saturated rings. The van der Waals surface area contributed by atoms with Gasteiger partial charge in [-0.1, -0.05) is 50.1 Å². The number of nitrogens with one attached hydrogen (secondary N) is 1. The summed E-state index contributed by atoms with van der Waals surface area (Å²) >= 11 is 0. The van der Waals surface area contributed by atoms with Crippen molar-refractivity contribution < 1.29 is 4.79 Å². The van der Waals surface area contributed by atoms with E-state index < -0.39 is 0 Å². The molecule has 1 aliphatic heterocycles. The Morgan fingerprint density at radius 3 is 2.63 bits per heavy atom. The fraction of sp³-hybridized carbons (Fsp3) is 0.652.